The lowest BCUT2D eigenvalue weighted by Crippen LogP contribution is -2.28. The van der Waals surface area contributed by atoms with Gasteiger partial charge in [-0.2, -0.15) is 0 Å². The Labute approximate surface area is 115 Å². The van der Waals surface area contributed by atoms with Crippen molar-refractivity contribution in [2.75, 3.05) is 12.3 Å². The minimum Gasteiger partial charge on any atom is -0.478 e. The second-order valence-corrected chi connectivity index (χ2v) is 6.03. The van der Waals surface area contributed by atoms with E-state index in [4.69, 9.17) is 5.11 Å². The average Bonchev–Trinajstić information content (AvgIpc) is 2.79. The zero-order chi connectivity index (χ0) is 14.8. The van der Waals surface area contributed by atoms with Gasteiger partial charge in [-0.25, -0.2) is 22.6 Å². The molecule has 0 unspecified atom stereocenters. The summed E-state index contributed by atoms with van der Waals surface area (Å²) in [6.07, 6.45) is 0. The second-order valence-electron chi connectivity index (χ2n) is 4.11. The third-order valence-electron chi connectivity index (χ3n) is 2.70. The van der Waals surface area contributed by atoms with Crippen molar-refractivity contribution in [3.8, 4) is 0 Å². The van der Waals surface area contributed by atoms with Crippen LogP contribution < -0.4 is 4.72 Å². The standard InChI is InChI=1S/C11H14N4O4S/c1-2-12-20(18,19)7-6-15-10-8(11(16)17)4-3-5-9(10)13-14-15/h3-5,12H,2,6-7H2,1H3,(H,16,17). The molecule has 0 amide bonds. The number of fused-ring (bicyclic) bond motifs is 1. The number of hydrogen-bond acceptors (Lipinski definition) is 5. The lowest BCUT2D eigenvalue weighted by atomic mass is 10.2. The van der Waals surface area contributed by atoms with E-state index in [1.165, 1.54) is 10.7 Å². The van der Waals surface area contributed by atoms with Crippen LogP contribution in [0.25, 0.3) is 11.0 Å². The maximum absolute atomic E-state index is 11.6. The van der Waals surface area contributed by atoms with Gasteiger partial charge in [-0.05, 0) is 12.1 Å². The first-order valence-corrected chi connectivity index (χ1v) is 7.62. The molecule has 0 bridgehead atoms. The topological polar surface area (TPSA) is 114 Å². The first kappa shape index (κ1) is 14.4. The van der Waals surface area contributed by atoms with Crippen LogP contribution in [0.15, 0.2) is 18.2 Å². The van der Waals surface area contributed by atoms with Gasteiger partial charge in [0.1, 0.15) is 11.0 Å². The minimum atomic E-state index is -3.40. The van der Waals surface area contributed by atoms with Gasteiger partial charge in [-0.1, -0.05) is 18.2 Å². The van der Waals surface area contributed by atoms with Crippen LogP contribution in [0.2, 0.25) is 0 Å². The molecule has 0 fully saturated rings. The number of carboxylic acids is 1. The monoisotopic (exact) mass is 298 g/mol. The molecule has 0 aliphatic carbocycles. The molecule has 0 saturated heterocycles. The van der Waals surface area contributed by atoms with Crippen molar-refractivity contribution in [1.29, 1.82) is 0 Å². The van der Waals surface area contributed by atoms with Crippen LogP contribution in [0.3, 0.4) is 0 Å². The van der Waals surface area contributed by atoms with Crippen LogP contribution in [-0.2, 0) is 16.6 Å². The molecule has 1 heterocycles. The number of benzene rings is 1. The van der Waals surface area contributed by atoms with Crippen LogP contribution in [0.1, 0.15) is 17.3 Å². The Morgan fingerprint density at radius 2 is 2.20 bits per heavy atom. The predicted molar refractivity (Wildman–Crippen MR) is 72.0 cm³/mol. The summed E-state index contributed by atoms with van der Waals surface area (Å²) in [5.74, 6) is -1.29. The fourth-order valence-corrected chi connectivity index (χ4v) is 2.86. The molecule has 2 rings (SSSR count). The van der Waals surface area contributed by atoms with Crippen molar-refractivity contribution in [3.63, 3.8) is 0 Å². The largest absolute Gasteiger partial charge is 0.478 e. The van der Waals surface area contributed by atoms with Gasteiger partial charge in [0.2, 0.25) is 10.0 Å². The van der Waals surface area contributed by atoms with E-state index in [0.717, 1.165) is 0 Å². The number of carboxylic acid groups (broad SMARTS) is 1. The van der Waals surface area contributed by atoms with Gasteiger partial charge in [0.25, 0.3) is 0 Å². The van der Waals surface area contributed by atoms with Crippen LogP contribution in [0, 0.1) is 0 Å². The number of aryl methyl sites for hydroxylation is 1. The number of carbonyl (C=O) groups is 1. The average molecular weight is 298 g/mol. The van der Waals surface area contributed by atoms with Crippen molar-refractivity contribution < 1.29 is 18.3 Å². The van der Waals surface area contributed by atoms with Gasteiger partial charge in [0.05, 0.1) is 17.9 Å². The van der Waals surface area contributed by atoms with Crippen LogP contribution >= 0.6 is 0 Å². The molecule has 0 spiro atoms. The Kier molecular flexibility index (Phi) is 4.00. The maximum Gasteiger partial charge on any atom is 0.337 e. The Bertz CT molecular complexity index is 738. The molecule has 0 saturated carbocycles. The van der Waals surface area contributed by atoms with E-state index in [1.54, 1.807) is 19.1 Å². The van der Waals surface area contributed by atoms with Crippen molar-refractivity contribution in [2.45, 2.75) is 13.5 Å². The molecule has 0 aliphatic rings. The van der Waals surface area contributed by atoms with E-state index in [-0.39, 0.29) is 17.9 Å². The fraction of sp³-hybridized carbons (Fsp3) is 0.364. The molecule has 0 aliphatic heterocycles. The van der Waals surface area contributed by atoms with Crippen molar-refractivity contribution in [2.24, 2.45) is 0 Å². The number of sulfonamides is 1. The number of aromatic carboxylic acids is 1. The molecule has 0 radical (unpaired) electrons. The number of nitrogens with one attached hydrogen (secondary N) is 1. The van der Waals surface area contributed by atoms with Crippen molar-refractivity contribution in [1.82, 2.24) is 19.7 Å². The van der Waals surface area contributed by atoms with Crippen molar-refractivity contribution >= 4 is 27.0 Å². The lowest BCUT2D eigenvalue weighted by molar-refractivity contribution is 0.0698. The SMILES string of the molecule is CCNS(=O)(=O)CCn1nnc2cccc(C(=O)O)c21. The number of aromatic nitrogens is 3. The number of nitrogens with zero attached hydrogens (tertiary/aromatic N) is 3. The Hall–Kier alpha value is -2.00. The summed E-state index contributed by atoms with van der Waals surface area (Å²) in [4.78, 5) is 11.2. The molecule has 108 valence electrons. The smallest absolute Gasteiger partial charge is 0.337 e. The molecule has 2 aromatic rings. The highest BCUT2D eigenvalue weighted by Gasteiger charge is 2.16. The lowest BCUT2D eigenvalue weighted by Gasteiger charge is -2.06. The van der Waals surface area contributed by atoms with E-state index in [9.17, 15) is 13.2 Å². The van der Waals surface area contributed by atoms with Gasteiger partial charge in [-0.3, -0.25) is 0 Å². The molecule has 0 atom stereocenters. The van der Waals surface area contributed by atoms with Gasteiger partial charge in [-0.15, -0.1) is 5.10 Å². The van der Waals surface area contributed by atoms with Crippen LogP contribution in [-0.4, -0.2) is 46.8 Å². The first-order chi connectivity index (χ1) is 9.44. The summed E-state index contributed by atoms with van der Waals surface area (Å²) in [6.45, 7) is 2.03. The summed E-state index contributed by atoms with van der Waals surface area (Å²) >= 11 is 0. The van der Waals surface area contributed by atoms with E-state index in [0.29, 0.717) is 17.6 Å². The Morgan fingerprint density at radius 3 is 2.85 bits per heavy atom. The van der Waals surface area contributed by atoms with Gasteiger partial charge >= 0.3 is 5.97 Å². The molecular weight excluding hydrogens is 284 g/mol. The molecule has 2 N–H and O–H groups in total. The Morgan fingerprint density at radius 1 is 1.45 bits per heavy atom. The van der Waals surface area contributed by atoms with Crippen LogP contribution in [0.5, 0.6) is 0 Å². The summed E-state index contributed by atoms with van der Waals surface area (Å²) in [7, 11) is -3.40. The molecule has 1 aromatic heterocycles. The fourth-order valence-electron chi connectivity index (χ4n) is 1.86. The quantitative estimate of drug-likeness (QED) is 0.780. The second kappa shape index (κ2) is 5.55. The predicted octanol–water partition coefficient (Wildman–Crippen LogP) is 0.0688. The highest BCUT2D eigenvalue weighted by molar-refractivity contribution is 7.89. The number of para-hydroxylation sites is 1. The van der Waals surface area contributed by atoms with Gasteiger partial charge in [0, 0.05) is 6.54 Å². The summed E-state index contributed by atoms with van der Waals surface area (Å²) < 4.78 is 26.8. The zero-order valence-electron chi connectivity index (χ0n) is 10.8. The maximum atomic E-state index is 11.6. The minimum absolute atomic E-state index is 0.0378. The third kappa shape index (κ3) is 2.94. The highest BCUT2D eigenvalue weighted by Crippen LogP contribution is 2.16. The zero-order valence-corrected chi connectivity index (χ0v) is 11.6. The summed E-state index contributed by atoms with van der Waals surface area (Å²) in [6, 6.07) is 4.63. The molecule has 20 heavy (non-hydrogen) atoms. The van der Waals surface area contributed by atoms with Crippen LogP contribution in [0.4, 0.5) is 0 Å². The summed E-state index contributed by atoms with van der Waals surface area (Å²) in [5, 5.41) is 16.8. The first-order valence-electron chi connectivity index (χ1n) is 5.97. The number of rotatable bonds is 6. The Balaban J connectivity index is 2.34. The number of hydrogen-bond donors (Lipinski definition) is 2. The van der Waals surface area contributed by atoms with E-state index >= 15 is 0 Å². The van der Waals surface area contributed by atoms with Crippen molar-refractivity contribution in [3.05, 3.63) is 23.8 Å². The van der Waals surface area contributed by atoms with Gasteiger partial charge in [0.15, 0.2) is 0 Å². The third-order valence-corrected chi connectivity index (χ3v) is 4.15. The highest BCUT2D eigenvalue weighted by atomic mass is 32.2. The molecule has 1 aromatic carbocycles. The van der Waals surface area contributed by atoms with E-state index in [2.05, 4.69) is 15.0 Å². The van der Waals surface area contributed by atoms with E-state index < -0.39 is 16.0 Å². The normalized spacial score (nSPS) is 11.8. The van der Waals surface area contributed by atoms with E-state index in [1.807, 2.05) is 0 Å². The molecular formula is C11H14N4O4S. The molecule has 8 nitrogen and oxygen atoms in total. The summed E-state index contributed by atoms with van der Waals surface area (Å²) in [5.41, 5.74) is 0.797. The molecule has 9 heteroatoms. The van der Waals surface area contributed by atoms with Gasteiger partial charge < -0.3 is 5.11 Å².